The largest absolute Gasteiger partial charge is 0.507 e. The highest BCUT2D eigenvalue weighted by Crippen LogP contribution is 2.24. The van der Waals surface area contributed by atoms with E-state index in [1.54, 1.807) is 17.0 Å². The quantitative estimate of drug-likeness (QED) is 0.875. The van der Waals surface area contributed by atoms with Crippen LogP contribution in [0.15, 0.2) is 22.7 Å². The van der Waals surface area contributed by atoms with Crippen molar-refractivity contribution in [2.45, 2.75) is 6.10 Å². The van der Waals surface area contributed by atoms with Crippen molar-refractivity contribution in [3.63, 3.8) is 0 Å². The zero-order chi connectivity index (χ0) is 13.8. The Hall–Kier alpha value is -1.11. The van der Waals surface area contributed by atoms with Gasteiger partial charge in [0.15, 0.2) is 0 Å². The number of nitrogens with zero attached hydrogens (tertiary/aromatic N) is 1. The van der Waals surface area contributed by atoms with Crippen LogP contribution in [0, 0.1) is 0 Å². The van der Waals surface area contributed by atoms with Gasteiger partial charge in [-0.3, -0.25) is 4.79 Å². The van der Waals surface area contributed by atoms with Crippen LogP contribution in [0.4, 0.5) is 0 Å². The number of halogens is 1. The fraction of sp³-hybridized carbons (Fsp3) is 0.462. The minimum Gasteiger partial charge on any atom is -0.507 e. The highest BCUT2D eigenvalue weighted by atomic mass is 79.9. The van der Waals surface area contributed by atoms with Crippen LogP contribution < -0.4 is 5.32 Å². The Balaban J connectivity index is 2.12. The van der Waals surface area contributed by atoms with E-state index in [1.807, 2.05) is 7.05 Å². The van der Waals surface area contributed by atoms with E-state index < -0.39 is 0 Å². The number of aromatic hydroxyl groups is 1. The number of hydrogen-bond acceptors (Lipinski definition) is 4. The summed E-state index contributed by atoms with van der Waals surface area (Å²) in [6.45, 7) is 2.30. The summed E-state index contributed by atoms with van der Waals surface area (Å²) in [6.07, 6.45) is -0.00278. The van der Waals surface area contributed by atoms with E-state index in [-0.39, 0.29) is 17.8 Å². The van der Waals surface area contributed by atoms with Crippen molar-refractivity contribution >= 4 is 21.8 Å². The maximum absolute atomic E-state index is 12.4. The molecule has 0 aromatic heterocycles. The Labute approximate surface area is 120 Å². The second kappa shape index (κ2) is 6.36. The average molecular weight is 329 g/mol. The van der Waals surface area contributed by atoms with Crippen molar-refractivity contribution in [2.24, 2.45) is 0 Å². The Morgan fingerprint density at radius 2 is 2.42 bits per heavy atom. The van der Waals surface area contributed by atoms with Crippen LogP contribution in [0.3, 0.4) is 0 Å². The van der Waals surface area contributed by atoms with Crippen molar-refractivity contribution in [3.05, 3.63) is 28.2 Å². The summed E-state index contributed by atoms with van der Waals surface area (Å²) in [7, 11) is 1.85. The normalized spacial score (nSPS) is 19.5. The maximum Gasteiger partial charge on any atom is 0.257 e. The zero-order valence-electron chi connectivity index (χ0n) is 10.7. The van der Waals surface area contributed by atoms with Crippen molar-refractivity contribution < 1.29 is 14.6 Å². The van der Waals surface area contributed by atoms with Gasteiger partial charge in [0.05, 0.1) is 18.3 Å². The third-order valence-corrected chi connectivity index (χ3v) is 3.54. The highest BCUT2D eigenvalue weighted by molar-refractivity contribution is 9.10. The molecular weight excluding hydrogens is 312 g/mol. The summed E-state index contributed by atoms with van der Waals surface area (Å²) < 4.78 is 6.33. The molecule has 0 radical (unpaired) electrons. The molecule has 1 aromatic rings. The van der Waals surface area contributed by atoms with Gasteiger partial charge in [-0.1, -0.05) is 15.9 Å². The number of carbonyl (C=O) groups is 1. The molecule has 6 heteroatoms. The molecule has 0 bridgehead atoms. The Morgan fingerprint density at radius 1 is 1.63 bits per heavy atom. The number of rotatable bonds is 3. The van der Waals surface area contributed by atoms with Crippen LogP contribution in [0.2, 0.25) is 0 Å². The van der Waals surface area contributed by atoms with Crippen molar-refractivity contribution in [2.75, 3.05) is 33.3 Å². The van der Waals surface area contributed by atoms with Gasteiger partial charge in [0.1, 0.15) is 5.75 Å². The number of phenols is 1. The Bertz CT molecular complexity index is 465. The molecule has 0 aliphatic carbocycles. The monoisotopic (exact) mass is 328 g/mol. The molecule has 1 fully saturated rings. The van der Waals surface area contributed by atoms with Crippen molar-refractivity contribution in [3.8, 4) is 5.75 Å². The predicted octanol–water partition coefficient (Wildman–Crippen LogP) is 1.22. The van der Waals surface area contributed by atoms with Gasteiger partial charge in [0.2, 0.25) is 0 Å². The molecule has 1 aromatic carbocycles. The number of morpholine rings is 1. The fourth-order valence-corrected chi connectivity index (χ4v) is 2.47. The van der Waals surface area contributed by atoms with Gasteiger partial charge in [-0.05, 0) is 25.2 Å². The van der Waals surface area contributed by atoms with Gasteiger partial charge >= 0.3 is 0 Å². The number of ether oxygens (including phenoxy) is 1. The predicted molar refractivity (Wildman–Crippen MR) is 75.4 cm³/mol. The minimum atomic E-state index is -0.164. The first-order valence-corrected chi connectivity index (χ1v) is 6.95. The molecule has 1 amide bonds. The number of amides is 1. The lowest BCUT2D eigenvalue weighted by Crippen LogP contribution is -2.48. The van der Waals surface area contributed by atoms with Crippen LogP contribution in [-0.4, -0.2) is 55.3 Å². The number of phenolic OH excluding ortho intramolecular Hbond substituents is 1. The van der Waals surface area contributed by atoms with Crippen LogP contribution in [0.25, 0.3) is 0 Å². The molecule has 1 saturated heterocycles. The molecule has 1 unspecified atom stereocenters. The SMILES string of the molecule is CNCC1CN(C(=O)c2cc(Br)ccc2O)CCO1. The first-order chi connectivity index (χ1) is 9.11. The summed E-state index contributed by atoms with van der Waals surface area (Å²) in [5.41, 5.74) is 0.319. The van der Waals surface area contributed by atoms with Gasteiger partial charge in [-0.25, -0.2) is 0 Å². The molecule has 1 atom stereocenters. The standard InChI is InChI=1S/C13H17BrN2O3/c1-15-7-10-8-16(4-5-19-10)13(18)11-6-9(14)2-3-12(11)17/h2-3,6,10,15,17H,4-5,7-8H2,1H3. The number of hydrogen-bond donors (Lipinski definition) is 2. The molecule has 104 valence electrons. The van der Waals surface area contributed by atoms with E-state index in [2.05, 4.69) is 21.2 Å². The summed E-state index contributed by atoms with van der Waals surface area (Å²) in [4.78, 5) is 14.1. The van der Waals surface area contributed by atoms with E-state index in [0.29, 0.717) is 31.8 Å². The number of carbonyl (C=O) groups excluding carboxylic acids is 1. The molecule has 0 saturated carbocycles. The number of benzene rings is 1. The Morgan fingerprint density at radius 3 is 3.16 bits per heavy atom. The first kappa shape index (κ1) is 14.3. The molecule has 0 spiro atoms. The van der Waals surface area contributed by atoms with Crippen molar-refractivity contribution in [1.29, 1.82) is 0 Å². The van der Waals surface area contributed by atoms with E-state index >= 15 is 0 Å². The minimum absolute atomic E-state index is 0.00278. The average Bonchev–Trinajstić information content (AvgIpc) is 2.41. The second-order valence-electron chi connectivity index (χ2n) is 4.46. The summed E-state index contributed by atoms with van der Waals surface area (Å²) >= 11 is 3.31. The van der Waals surface area contributed by atoms with Crippen molar-refractivity contribution in [1.82, 2.24) is 10.2 Å². The van der Waals surface area contributed by atoms with E-state index in [0.717, 1.165) is 4.47 Å². The molecule has 19 heavy (non-hydrogen) atoms. The lowest BCUT2D eigenvalue weighted by Gasteiger charge is -2.33. The van der Waals surface area contributed by atoms with E-state index in [9.17, 15) is 9.90 Å². The topological polar surface area (TPSA) is 61.8 Å². The van der Waals surface area contributed by atoms with Crippen LogP contribution in [-0.2, 0) is 4.74 Å². The molecule has 1 aliphatic heterocycles. The van der Waals surface area contributed by atoms with E-state index in [1.165, 1.54) is 6.07 Å². The van der Waals surface area contributed by atoms with Crippen LogP contribution >= 0.6 is 15.9 Å². The number of likely N-dealkylation sites (N-methyl/N-ethyl adjacent to an activating group) is 1. The fourth-order valence-electron chi connectivity index (χ4n) is 2.10. The van der Waals surface area contributed by atoms with Gasteiger partial charge in [0.25, 0.3) is 5.91 Å². The Kier molecular flexibility index (Phi) is 4.79. The molecule has 1 heterocycles. The van der Waals surface area contributed by atoms with Crippen LogP contribution in [0.5, 0.6) is 5.75 Å². The third-order valence-electron chi connectivity index (χ3n) is 3.05. The molecule has 2 N–H and O–H groups in total. The van der Waals surface area contributed by atoms with Gasteiger partial charge < -0.3 is 20.1 Å². The molecular formula is C13H17BrN2O3. The molecule has 2 rings (SSSR count). The lowest BCUT2D eigenvalue weighted by atomic mass is 10.1. The zero-order valence-corrected chi connectivity index (χ0v) is 12.3. The highest BCUT2D eigenvalue weighted by Gasteiger charge is 2.26. The summed E-state index contributed by atoms with van der Waals surface area (Å²) in [5, 5.41) is 12.8. The first-order valence-electron chi connectivity index (χ1n) is 6.16. The second-order valence-corrected chi connectivity index (χ2v) is 5.38. The smallest absolute Gasteiger partial charge is 0.257 e. The van der Waals surface area contributed by atoms with Gasteiger partial charge in [-0.2, -0.15) is 0 Å². The van der Waals surface area contributed by atoms with Gasteiger partial charge in [-0.15, -0.1) is 0 Å². The lowest BCUT2D eigenvalue weighted by molar-refractivity contribution is -0.0197. The van der Waals surface area contributed by atoms with Gasteiger partial charge in [0, 0.05) is 24.1 Å². The molecule has 5 nitrogen and oxygen atoms in total. The maximum atomic E-state index is 12.4. The van der Waals surface area contributed by atoms with E-state index in [4.69, 9.17) is 4.74 Å². The third kappa shape index (κ3) is 3.46. The summed E-state index contributed by atoms with van der Waals surface area (Å²) in [5.74, 6) is -0.159. The molecule has 1 aliphatic rings. The summed E-state index contributed by atoms with van der Waals surface area (Å²) in [6, 6.07) is 4.86. The van der Waals surface area contributed by atoms with Crippen LogP contribution in [0.1, 0.15) is 10.4 Å². The number of nitrogens with one attached hydrogen (secondary N) is 1.